The molecular formula is C17H25NO3S. The molecule has 0 N–H and O–H groups in total. The van der Waals surface area contributed by atoms with Crippen molar-refractivity contribution in [3.63, 3.8) is 0 Å². The van der Waals surface area contributed by atoms with Gasteiger partial charge in [0.15, 0.2) is 5.76 Å². The Morgan fingerprint density at radius 1 is 1.50 bits per heavy atom. The van der Waals surface area contributed by atoms with Crippen molar-refractivity contribution in [2.45, 2.75) is 26.0 Å². The summed E-state index contributed by atoms with van der Waals surface area (Å²) in [6, 6.07) is 3.71. The normalized spacial score (nSPS) is 29.3. The molecule has 1 aliphatic heterocycles. The van der Waals surface area contributed by atoms with E-state index in [0.717, 1.165) is 37.6 Å². The van der Waals surface area contributed by atoms with Crippen LogP contribution in [0.3, 0.4) is 0 Å². The number of carbonyl (C=O) groups is 1. The van der Waals surface area contributed by atoms with Gasteiger partial charge in [-0.1, -0.05) is 13.8 Å². The molecule has 4 nitrogen and oxygen atoms in total. The van der Waals surface area contributed by atoms with E-state index < -0.39 is 0 Å². The maximum Gasteiger partial charge on any atom is 0.289 e. The molecular weight excluding hydrogens is 298 g/mol. The number of carbonyl (C=O) groups excluding carboxylic acids is 1. The molecule has 2 fully saturated rings. The zero-order valence-corrected chi connectivity index (χ0v) is 14.7. The highest BCUT2D eigenvalue weighted by molar-refractivity contribution is 7.97. The highest BCUT2D eigenvalue weighted by Gasteiger charge is 2.63. The molecule has 0 spiro atoms. The number of fused-ring (bicyclic) bond motifs is 1. The molecule has 3 rings (SSSR count). The highest BCUT2D eigenvalue weighted by Crippen LogP contribution is 2.62. The predicted octanol–water partition coefficient (Wildman–Crippen LogP) is 3.28. The number of hydrogen-bond acceptors (Lipinski definition) is 4. The summed E-state index contributed by atoms with van der Waals surface area (Å²) in [6.45, 7) is 6.92. The molecule has 1 saturated carbocycles. The van der Waals surface area contributed by atoms with Crippen LogP contribution >= 0.6 is 11.8 Å². The van der Waals surface area contributed by atoms with E-state index >= 15 is 0 Å². The van der Waals surface area contributed by atoms with Gasteiger partial charge in [-0.3, -0.25) is 4.79 Å². The van der Waals surface area contributed by atoms with Gasteiger partial charge >= 0.3 is 0 Å². The average Bonchev–Trinajstić information content (AvgIpc) is 3.02. The maximum absolute atomic E-state index is 12.7. The van der Waals surface area contributed by atoms with Gasteiger partial charge in [0.1, 0.15) is 5.76 Å². The Balaban J connectivity index is 1.74. The molecule has 1 amide bonds. The second-order valence-electron chi connectivity index (χ2n) is 7.40. The number of rotatable bonds is 5. The Morgan fingerprint density at radius 3 is 2.91 bits per heavy atom. The summed E-state index contributed by atoms with van der Waals surface area (Å²) in [5.74, 6) is 2.68. The Morgan fingerprint density at radius 2 is 2.27 bits per heavy atom. The van der Waals surface area contributed by atoms with Crippen LogP contribution in [-0.4, -0.2) is 43.9 Å². The van der Waals surface area contributed by atoms with Gasteiger partial charge in [-0.15, -0.1) is 0 Å². The zero-order chi connectivity index (χ0) is 16.0. The van der Waals surface area contributed by atoms with E-state index in [4.69, 9.17) is 9.15 Å². The van der Waals surface area contributed by atoms with Crippen LogP contribution in [0, 0.1) is 16.7 Å². The number of furan rings is 1. The van der Waals surface area contributed by atoms with Gasteiger partial charge in [0, 0.05) is 25.6 Å². The Hall–Kier alpha value is -0.940. The van der Waals surface area contributed by atoms with Gasteiger partial charge in [-0.05, 0) is 36.1 Å². The molecule has 1 aliphatic carbocycles. The summed E-state index contributed by atoms with van der Waals surface area (Å²) in [5, 5.41) is 0. The summed E-state index contributed by atoms with van der Waals surface area (Å²) in [6.07, 6.45) is 3.15. The first-order valence-electron chi connectivity index (χ1n) is 7.78. The lowest BCUT2D eigenvalue weighted by Gasteiger charge is -2.56. The van der Waals surface area contributed by atoms with Crippen molar-refractivity contribution in [2.75, 3.05) is 33.1 Å². The fourth-order valence-electron chi connectivity index (χ4n) is 4.63. The lowest BCUT2D eigenvalue weighted by atomic mass is 9.48. The van der Waals surface area contributed by atoms with E-state index in [1.165, 1.54) is 0 Å². The minimum Gasteiger partial charge on any atom is -0.455 e. The molecule has 1 saturated heterocycles. The maximum atomic E-state index is 12.7. The third kappa shape index (κ3) is 2.48. The Labute approximate surface area is 136 Å². The van der Waals surface area contributed by atoms with Crippen molar-refractivity contribution in [3.8, 4) is 0 Å². The Kier molecular flexibility index (Phi) is 4.06. The molecule has 0 unspecified atom stereocenters. The second-order valence-corrected chi connectivity index (χ2v) is 8.26. The van der Waals surface area contributed by atoms with Gasteiger partial charge in [-0.25, -0.2) is 0 Å². The number of methoxy groups -OCH3 is 1. The van der Waals surface area contributed by atoms with E-state index in [1.54, 1.807) is 18.9 Å². The van der Waals surface area contributed by atoms with E-state index in [0.29, 0.717) is 17.1 Å². The number of ether oxygens (including phenoxy) is 1. The number of hydrogen-bond donors (Lipinski definition) is 0. The molecule has 0 radical (unpaired) electrons. The topological polar surface area (TPSA) is 42.7 Å². The largest absolute Gasteiger partial charge is 0.455 e. The number of thioether (sulfide) groups is 1. The molecule has 2 aliphatic rings. The minimum atomic E-state index is 0.0213. The van der Waals surface area contributed by atoms with E-state index in [9.17, 15) is 4.79 Å². The van der Waals surface area contributed by atoms with Crippen molar-refractivity contribution in [2.24, 2.45) is 16.7 Å². The third-order valence-electron chi connectivity index (χ3n) is 5.28. The fraction of sp³-hybridized carbons (Fsp3) is 0.706. The highest BCUT2D eigenvalue weighted by atomic mass is 32.2. The van der Waals surface area contributed by atoms with Crippen LogP contribution in [-0.2, 0) is 10.5 Å². The third-order valence-corrected chi connectivity index (χ3v) is 5.85. The van der Waals surface area contributed by atoms with Gasteiger partial charge < -0.3 is 14.1 Å². The molecule has 1 aromatic rings. The minimum absolute atomic E-state index is 0.0213. The van der Waals surface area contributed by atoms with Crippen LogP contribution in [0.1, 0.15) is 36.6 Å². The van der Waals surface area contributed by atoms with E-state index in [2.05, 4.69) is 13.8 Å². The summed E-state index contributed by atoms with van der Waals surface area (Å²) in [4.78, 5) is 14.7. The first-order valence-corrected chi connectivity index (χ1v) is 9.17. The zero-order valence-electron chi connectivity index (χ0n) is 13.8. The number of nitrogens with zero attached hydrogens (tertiary/aromatic N) is 1. The van der Waals surface area contributed by atoms with Crippen molar-refractivity contribution < 1.29 is 13.9 Å². The van der Waals surface area contributed by atoms with Crippen LogP contribution in [0.5, 0.6) is 0 Å². The lowest BCUT2D eigenvalue weighted by molar-refractivity contribution is -0.107. The van der Waals surface area contributed by atoms with E-state index in [1.807, 2.05) is 23.3 Å². The fourth-order valence-corrected chi connectivity index (χ4v) is 5.07. The standard InChI is InChI=1S/C17H25NO3S/c1-16(2)9-17(11-20-3)10-18(7-14(16)17)15(19)13-6-5-12(21-13)8-22-4/h5-6,14H,7-11H2,1-4H3/t14-,17-/m1/s1. The molecule has 2 heterocycles. The monoisotopic (exact) mass is 323 g/mol. The molecule has 1 aromatic heterocycles. The summed E-state index contributed by atoms with van der Waals surface area (Å²) >= 11 is 1.69. The lowest BCUT2D eigenvalue weighted by Crippen LogP contribution is -2.55. The molecule has 0 bridgehead atoms. The van der Waals surface area contributed by atoms with E-state index in [-0.39, 0.29) is 11.3 Å². The van der Waals surface area contributed by atoms with Crippen LogP contribution in [0.2, 0.25) is 0 Å². The van der Waals surface area contributed by atoms with Crippen molar-refractivity contribution in [1.82, 2.24) is 4.90 Å². The average molecular weight is 323 g/mol. The van der Waals surface area contributed by atoms with Crippen molar-refractivity contribution in [1.29, 1.82) is 0 Å². The number of amides is 1. The first kappa shape index (κ1) is 15.9. The predicted molar refractivity (Wildman–Crippen MR) is 88.0 cm³/mol. The second kappa shape index (κ2) is 5.60. The Bertz CT molecular complexity index is 568. The molecule has 0 aromatic carbocycles. The first-order chi connectivity index (χ1) is 10.4. The summed E-state index contributed by atoms with van der Waals surface area (Å²) < 4.78 is 11.1. The van der Waals surface area contributed by atoms with Crippen LogP contribution in [0.4, 0.5) is 0 Å². The summed E-state index contributed by atoms with van der Waals surface area (Å²) in [7, 11) is 1.75. The van der Waals surface area contributed by atoms with Crippen molar-refractivity contribution >= 4 is 17.7 Å². The van der Waals surface area contributed by atoms with Gasteiger partial charge in [0.05, 0.1) is 12.4 Å². The SMILES string of the molecule is COC[C@@]12CN(C(=O)c3ccc(CSC)o3)C[C@@H]1C(C)(C)C2. The summed E-state index contributed by atoms with van der Waals surface area (Å²) in [5.41, 5.74) is 0.434. The quantitative estimate of drug-likeness (QED) is 0.834. The molecule has 22 heavy (non-hydrogen) atoms. The molecule has 5 heteroatoms. The number of likely N-dealkylation sites (tertiary alicyclic amines) is 1. The van der Waals surface area contributed by atoms with Gasteiger partial charge in [-0.2, -0.15) is 11.8 Å². The van der Waals surface area contributed by atoms with Crippen molar-refractivity contribution in [3.05, 3.63) is 23.7 Å². The van der Waals surface area contributed by atoms with Crippen LogP contribution in [0.15, 0.2) is 16.5 Å². The smallest absolute Gasteiger partial charge is 0.289 e. The van der Waals surface area contributed by atoms with Crippen LogP contribution in [0.25, 0.3) is 0 Å². The van der Waals surface area contributed by atoms with Gasteiger partial charge in [0.25, 0.3) is 5.91 Å². The molecule has 2 atom stereocenters. The van der Waals surface area contributed by atoms with Gasteiger partial charge in [0.2, 0.25) is 0 Å². The molecule has 122 valence electrons. The van der Waals surface area contributed by atoms with Crippen LogP contribution < -0.4 is 0 Å².